The monoisotopic (exact) mass is 493 g/mol. The Morgan fingerprint density at radius 2 is 1.94 bits per heavy atom. The minimum Gasteiger partial charge on any atom is -0.439 e. The van der Waals surface area contributed by atoms with Crippen LogP contribution in [0.15, 0.2) is 18.2 Å². The maximum Gasteiger partial charge on any atom is 0.407 e. The van der Waals surface area contributed by atoms with Crippen molar-refractivity contribution in [2.75, 3.05) is 51.9 Å². The van der Waals surface area contributed by atoms with E-state index in [0.717, 1.165) is 23.7 Å². The lowest BCUT2D eigenvalue weighted by atomic mass is 9.87. The molecule has 1 unspecified atom stereocenters. The molecule has 1 N–H and O–H groups in total. The average Bonchev–Trinajstić information content (AvgIpc) is 3.05. The number of anilines is 1. The van der Waals surface area contributed by atoms with Crippen LogP contribution >= 0.6 is 0 Å². The Hall–Kier alpha value is -2.35. The zero-order chi connectivity index (χ0) is 26.0. The van der Waals surface area contributed by atoms with Gasteiger partial charge in [-0.2, -0.15) is 0 Å². The van der Waals surface area contributed by atoms with Crippen molar-refractivity contribution in [1.29, 1.82) is 0 Å². The van der Waals surface area contributed by atoms with Gasteiger partial charge < -0.3 is 24.6 Å². The summed E-state index contributed by atoms with van der Waals surface area (Å²) in [5.41, 5.74) is 1.77. The van der Waals surface area contributed by atoms with Gasteiger partial charge in [0, 0.05) is 50.9 Å². The molecular weight excluding hydrogens is 449 g/mol. The third-order valence-corrected chi connectivity index (χ3v) is 6.75. The summed E-state index contributed by atoms with van der Waals surface area (Å²) < 4.78 is 23.5. The van der Waals surface area contributed by atoms with Crippen LogP contribution in [0.2, 0.25) is 0 Å². The van der Waals surface area contributed by atoms with Gasteiger partial charge in [-0.25, -0.2) is 9.18 Å². The van der Waals surface area contributed by atoms with Gasteiger partial charge in [0.25, 0.3) is 5.91 Å². The lowest BCUT2D eigenvalue weighted by Crippen LogP contribution is -2.44. The normalized spacial score (nSPS) is 17.6. The number of rotatable bonds is 8. The molecule has 3 rings (SSSR count). The molecule has 2 aliphatic rings. The molecule has 0 radical (unpaired) electrons. The van der Waals surface area contributed by atoms with E-state index in [2.05, 4.69) is 31.0 Å². The summed E-state index contributed by atoms with van der Waals surface area (Å²) >= 11 is 0. The molecule has 0 aromatic heterocycles. The number of benzene rings is 1. The number of likely N-dealkylation sites (N-methyl/N-ethyl adjacent to an activating group) is 1. The van der Waals surface area contributed by atoms with Crippen LogP contribution in [0.4, 0.5) is 14.9 Å². The molecule has 35 heavy (non-hydrogen) atoms. The minimum atomic E-state index is -0.640. The first kappa shape index (κ1) is 28.9. The molecule has 8 heteroatoms. The van der Waals surface area contributed by atoms with E-state index in [4.69, 9.17) is 9.47 Å². The molecule has 0 bridgehead atoms. The van der Waals surface area contributed by atoms with Gasteiger partial charge in [0.1, 0.15) is 5.82 Å². The summed E-state index contributed by atoms with van der Waals surface area (Å²) in [5, 5.41) is 2.74. The standard InChI is InChI=1S/C20H30FN3O4.C7H14/c1-14(22-19(26)28-12-18(25)23(4)8-9-27-5)11-24-13-20(2,3)16-10-15(21)6-7-17(16)24;1-7-5-3-2-4-6-7/h6-7,10,14H,8-9,11-13H2,1-5H3,(H,22,26);7H,2-6H2,1H3. The van der Waals surface area contributed by atoms with Gasteiger partial charge in [0.2, 0.25) is 0 Å². The maximum absolute atomic E-state index is 13.6. The van der Waals surface area contributed by atoms with Crippen molar-refractivity contribution in [3.8, 4) is 0 Å². The number of amides is 2. The zero-order valence-corrected chi connectivity index (χ0v) is 22.4. The van der Waals surface area contributed by atoms with E-state index in [1.54, 1.807) is 26.3 Å². The fourth-order valence-corrected chi connectivity index (χ4v) is 4.65. The summed E-state index contributed by atoms with van der Waals surface area (Å²) in [5.74, 6) is 0.495. The largest absolute Gasteiger partial charge is 0.439 e. The average molecular weight is 494 g/mol. The molecule has 1 aliphatic carbocycles. The first-order valence-corrected chi connectivity index (χ1v) is 12.7. The van der Waals surface area contributed by atoms with Crippen LogP contribution in [0.1, 0.15) is 65.4 Å². The van der Waals surface area contributed by atoms with Crippen LogP contribution in [-0.2, 0) is 19.7 Å². The Labute approximate surface area is 210 Å². The van der Waals surface area contributed by atoms with E-state index in [9.17, 15) is 14.0 Å². The molecule has 1 heterocycles. The number of carbonyl (C=O) groups is 2. The van der Waals surface area contributed by atoms with Crippen LogP contribution < -0.4 is 10.2 Å². The van der Waals surface area contributed by atoms with Crippen molar-refractivity contribution in [2.45, 2.75) is 71.3 Å². The Kier molecular flexibility index (Phi) is 11.3. The highest BCUT2D eigenvalue weighted by atomic mass is 19.1. The molecule has 0 spiro atoms. The molecule has 1 aromatic carbocycles. The van der Waals surface area contributed by atoms with Gasteiger partial charge in [0.15, 0.2) is 6.61 Å². The first-order chi connectivity index (χ1) is 16.5. The number of halogens is 1. The molecule has 1 fully saturated rings. The first-order valence-electron chi connectivity index (χ1n) is 12.7. The Morgan fingerprint density at radius 1 is 1.26 bits per heavy atom. The van der Waals surface area contributed by atoms with E-state index in [-0.39, 0.29) is 29.8 Å². The van der Waals surface area contributed by atoms with Gasteiger partial charge in [-0.1, -0.05) is 52.9 Å². The Morgan fingerprint density at radius 3 is 2.54 bits per heavy atom. The van der Waals surface area contributed by atoms with E-state index in [1.807, 2.05) is 6.92 Å². The molecule has 7 nitrogen and oxygen atoms in total. The van der Waals surface area contributed by atoms with E-state index < -0.39 is 6.09 Å². The quantitative estimate of drug-likeness (QED) is 0.567. The van der Waals surface area contributed by atoms with Crippen molar-refractivity contribution >= 4 is 17.7 Å². The molecular formula is C27H44FN3O4. The van der Waals surface area contributed by atoms with Crippen LogP contribution in [0.25, 0.3) is 0 Å². The summed E-state index contributed by atoms with van der Waals surface area (Å²) in [6, 6.07) is 4.60. The lowest BCUT2D eigenvalue weighted by Gasteiger charge is -2.26. The maximum atomic E-state index is 13.6. The number of nitrogens with zero attached hydrogens (tertiary/aromatic N) is 2. The predicted octanol–water partition coefficient (Wildman–Crippen LogP) is 4.73. The van der Waals surface area contributed by atoms with Crippen molar-refractivity contribution in [3.63, 3.8) is 0 Å². The van der Waals surface area contributed by atoms with Gasteiger partial charge >= 0.3 is 6.09 Å². The lowest BCUT2D eigenvalue weighted by molar-refractivity contribution is -0.133. The number of ether oxygens (including phenoxy) is 2. The van der Waals surface area contributed by atoms with Crippen LogP contribution in [0.3, 0.4) is 0 Å². The minimum absolute atomic E-state index is 0.170. The fraction of sp³-hybridized carbons (Fsp3) is 0.704. The SMILES string of the molecule is CC1CCCCC1.COCCN(C)C(=O)COC(=O)NC(C)CN1CC(C)(C)c2cc(F)ccc21. The van der Waals surface area contributed by atoms with Crippen LogP contribution in [0, 0.1) is 11.7 Å². The Bertz CT molecular complexity index is 827. The van der Waals surface area contributed by atoms with Crippen molar-refractivity contribution in [3.05, 3.63) is 29.6 Å². The number of methoxy groups -OCH3 is 1. The smallest absolute Gasteiger partial charge is 0.407 e. The van der Waals surface area contributed by atoms with Crippen molar-refractivity contribution in [2.24, 2.45) is 5.92 Å². The second kappa shape index (κ2) is 13.7. The molecule has 2 amide bonds. The fourth-order valence-electron chi connectivity index (χ4n) is 4.65. The topological polar surface area (TPSA) is 71.1 Å². The second-order valence-electron chi connectivity index (χ2n) is 10.6. The highest BCUT2D eigenvalue weighted by molar-refractivity contribution is 5.80. The van der Waals surface area contributed by atoms with E-state index in [1.165, 1.54) is 43.1 Å². The summed E-state index contributed by atoms with van der Waals surface area (Å²) in [7, 11) is 3.18. The molecule has 1 aromatic rings. The van der Waals surface area contributed by atoms with Crippen LogP contribution in [-0.4, -0.2) is 69.9 Å². The molecule has 1 saturated carbocycles. The van der Waals surface area contributed by atoms with Gasteiger partial charge in [-0.15, -0.1) is 0 Å². The molecule has 198 valence electrons. The number of hydrogen-bond donors (Lipinski definition) is 1. The van der Waals surface area contributed by atoms with Crippen molar-refractivity contribution in [1.82, 2.24) is 10.2 Å². The number of alkyl carbamates (subject to hydrolysis) is 1. The summed E-state index contributed by atoms with van der Waals surface area (Å²) in [6.45, 7) is 10.2. The number of hydrogen-bond acceptors (Lipinski definition) is 5. The Balaban J connectivity index is 0.000000527. The third kappa shape index (κ3) is 9.32. The summed E-state index contributed by atoms with van der Waals surface area (Å²) in [6.07, 6.45) is 6.80. The van der Waals surface area contributed by atoms with E-state index in [0.29, 0.717) is 19.7 Å². The number of carbonyl (C=O) groups excluding carboxylic acids is 2. The number of fused-ring (bicyclic) bond motifs is 1. The molecule has 0 saturated heterocycles. The zero-order valence-electron chi connectivity index (χ0n) is 22.4. The molecule has 1 atom stereocenters. The van der Waals surface area contributed by atoms with Crippen molar-refractivity contribution < 1.29 is 23.5 Å². The van der Waals surface area contributed by atoms with E-state index >= 15 is 0 Å². The van der Waals surface area contributed by atoms with Gasteiger partial charge in [0.05, 0.1) is 6.61 Å². The van der Waals surface area contributed by atoms with Gasteiger partial charge in [-0.3, -0.25) is 4.79 Å². The molecule has 1 aliphatic heterocycles. The van der Waals surface area contributed by atoms with Crippen LogP contribution in [0.5, 0.6) is 0 Å². The highest BCUT2D eigenvalue weighted by Gasteiger charge is 2.35. The third-order valence-electron chi connectivity index (χ3n) is 6.75. The van der Waals surface area contributed by atoms with Gasteiger partial charge in [-0.05, 0) is 36.6 Å². The summed E-state index contributed by atoms with van der Waals surface area (Å²) in [4.78, 5) is 27.4. The predicted molar refractivity (Wildman–Crippen MR) is 137 cm³/mol. The highest BCUT2D eigenvalue weighted by Crippen LogP contribution is 2.40. The number of nitrogens with one attached hydrogen (secondary N) is 1. The second-order valence-corrected chi connectivity index (χ2v) is 10.6.